The Morgan fingerprint density at radius 3 is 3.00 bits per heavy atom. The highest BCUT2D eigenvalue weighted by Crippen LogP contribution is 2.20. The molecule has 1 fully saturated rings. The third-order valence-electron chi connectivity index (χ3n) is 2.53. The first-order chi connectivity index (χ1) is 5.75. The van der Waals surface area contributed by atoms with Crippen molar-refractivity contribution >= 4 is 5.97 Å². The van der Waals surface area contributed by atoms with E-state index >= 15 is 0 Å². The van der Waals surface area contributed by atoms with Crippen LogP contribution in [0.15, 0.2) is 0 Å². The van der Waals surface area contributed by atoms with Crippen LogP contribution in [0.2, 0.25) is 0 Å². The summed E-state index contributed by atoms with van der Waals surface area (Å²) >= 11 is 0. The van der Waals surface area contributed by atoms with Gasteiger partial charge in [-0.15, -0.1) is 0 Å². The Balaban J connectivity index is 2.35. The van der Waals surface area contributed by atoms with Crippen LogP contribution >= 0.6 is 0 Å². The van der Waals surface area contributed by atoms with Crippen LogP contribution in [0, 0.1) is 5.92 Å². The van der Waals surface area contributed by atoms with Gasteiger partial charge in [-0.1, -0.05) is 19.8 Å². The number of carboxylic acids is 1. The Labute approximate surface area is 73.2 Å². The van der Waals surface area contributed by atoms with Crippen molar-refractivity contribution in [2.45, 2.75) is 38.6 Å². The van der Waals surface area contributed by atoms with Gasteiger partial charge < -0.3 is 10.4 Å². The largest absolute Gasteiger partial charge is 0.481 e. The number of hydrogen-bond donors (Lipinski definition) is 2. The van der Waals surface area contributed by atoms with E-state index in [-0.39, 0.29) is 12.0 Å². The van der Waals surface area contributed by atoms with Gasteiger partial charge in [0.05, 0.1) is 5.92 Å². The lowest BCUT2D eigenvalue weighted by Gasteiger charge is -2.14. The van der Waals surface area contributed by atoms with E-state index in [2.05, 4.69) is 12.2 Å². The molecular weight excluding hydrogens is 154 g/mol. The van der Waals surface area contributed by atoms with Crippen molar-refractivity contribution in [1.82, 2.24) is 5.32 Å². The molecule has 2 N–H and O–H groups in total. The lowest BCUT2D eigenvalue weighted by molar-refractivity contribution is -0.142. The Bertz CT molecular complexity index is 159. The Morgan fingerprint density at radius 1 is 1.67 bits per heavy atom. The van der Waals surface area contributed by atoms with E-state index < -0.39 is 5.97 Å². The fraction of sp³-hybridized carbons (Fsp3) is 0.889. The summed E-state index contributed by atoms with van der Waals surface area (Å²) in [5, 5.41) is 12.1. The van der Waals surface area contributed by atoms with Gasteiger partial charge in [0.25, 0.3) is 0 Å². The smallest absolute Gasteiger partial charge is 0.308 e. The van der Waals surface area contributed by atoms with Gasteiger partial charge in [0.1, 0.15) is 0 Å². The van der Waals surface area contributed by atoms with Gasteiger partial charge in [-0.3, -0.25) is 4.79 Å². The normalized spacial score (nSPS) is 29.1. The lowest BCUT2D eigenvalue weighted by Crippen LogP contribution is -2.31. The summed E-state index contributed by atoms with van der Waals surface area (Å²) in [5.41, 5.74) is 0. The molecule has 70 valence electrons. The molecule has 0 aromatic carbocycles. The van der Waals surface area contributed by atoms with E-state index in [0.29, 0.717) is 0 Å². The lowest BCUT2D eigenvalue weighted by atomic mass is 9.96. The molecule has 1 aliphatic rings. The van der Waals surface area contributed by atoms with E-state index in [4.69, 9.17) is 5.11 Å². The maximum absolute atomic E-state index is 10.7. The van der Waals surface area contributed by atoms with Gasteiger partial charge in [0.15, 0.2) is 0 Å². The highest BCUT2D eigenvalue weighted by molar-refractivity contribution is 5.71. The van der Waals surface area contributed by atoms with E-state index in [0.717, 1.165) is 32.2 Å². The molecule has 0 radical (unpaired) electrons. The van der Waals surface area contributed by atoms with Crippen LogP contribution < -0.4 is 5.32 Å². The molecule has 1 rings (SSSR count). The minimum Gasteiger partial charge on any atom is -0.481 e. The summed E-state index contributed by atoms with van der Waals surface area (Å²) in [7, 11) is 0. The number of hydrogen-bond acceptors (Lipinski definition) is 2. The molecule has 1 saturated heterocycles. The zero-order valence-corrected chi connectivity index (χ0v) is 7.55. The van der Waals surface area contributed by atoms with Crippen LogP contribution in [0.3, 0.4) is 0 Å². The van der Waals surface area contributed by atoms with Gasteiger partial charge >= 0.3 is 5.97 Å². The second-order valence-electron chi connectivity index (χ2n) is 3.44. The van der Waals surface area contributed by atoms with Gasteiger partial charge in [-0.25, -0.2) is 0 Å². The molecule has 1 heterocycles. The van der Waals surface area contributed by atoms with Gasteiger partial charge in [-0.2, -0.15) is 0 Å². The first-order valence-electron chi connectivity index (χ1n) is 4.72. The molecule has 1 aliphatic heterocycles. The minimum absolute atomic E-state index is 0.142. The molecule has 0 amide bonds. The summed E-state index contributed by atoms with van der Waals surface area (Å²) in [4.78, 5) is 10.7. The van der Waals surface area contributed by atoms with E-state index in [1.54, 1.807) is 0 Å². The van der Waals surface area contributed by atoms with Crippen molar-refractivity contribution in [1.29, 1.82) is 0 Å². The quantitative estimate of drug-likeness (QED) is 0.669. The van der Waals surface area contributed by atoms with Crippen LogP contribution in [0.25, 0.3) is 0 Å². The van der Waals surface area contributed by atoms with Crippen molar-refractivity contribution in [2.75, 3.05) is 6.54 Å². The topological polar surface area (TPSA) is 49.3 Å². The SMILES string of the molecule is CCCCC1NCCC1C(=O)O. The number of nitrogens with one attached hydrogen (secondary N) is 1. The third kappa shape index (κ3) is 2.21. The first kappa shape index (κ1) is 9.52. The maximum atomic E-state index is 10.7. The highest BCUT2D eigenvalue weighted by atomic mass is 16.4. The van der Waals surface area contributed by atoms with Crippen molar-refractivity contribution in [2.24, 2.45) is 5.92 Å². The molecular formula is C9H17NO2. The molecule has 0 saturated carbocycles. The van der Waals surface area contributed by atoms with Crippen LogP contribution in [0.4, 0.5) is 0 Å². The molecule has 0 aromatic heterocycles. The standard InChI is InChI=1S/C9H17NO2/c1-2-3-4-8-7(9(11)12)5-6-10-8/h7-8,10H,2-6H2,1H3,(H,11,12). The van der Waals surface area contributed by atoms with Crippen LogP contribution in [0.1, 0.15) is 32.6 Å². The fourth-order valence-electron chi connectivity index (χ4n) is 1.79. The maximum Gasteiger partial charge on any atom is 0.308 e. The molecule has 3 nitrogen and oxygen atoms in total. The molecule has 12 heavy (non-hydrogen) atoms. The zero-order chi connectivity index (χ0) is 8.97. The summed E-state index contributed by atoms with van der Waals surface area (Å²) in [6, 6.07) is 0.224. The number of carbonyl (C=O) groups is 1. The van der Waals surface area contributed by atoms with E-state index in [1.165, 1.54) is 0 Å². The number of unbranched alkanes of at least 4 members (excludes halogenated alkanes) is 1. The Hall–Kier alpha value is -0.570. The summed E-state index contributed by atoms with van der Waals surface area (Å²) in [6.07, 6.45) is 4.07. The predicted molar refractivity (Wildman–Crippen MR) is 47.1 cm³/mol. The van der Waals surface area contributed by atoms with Crippen molar-refractivity contribution in [3.05, 3.63) is 0 Å². The number of aliphatic carboxylic acids is 1. The van der Waals surface area contributed by atoms with Gasteiger partial charge in [-0.05, 0) is 19.4 Å². The van der Waals surface area contributed by atoms with Crippen LogP contribution in [0.5, 0.6) is 0 Å². The second-order valence-corrected chi connectivity index (χ2v) is 3.44. The first-order valence-corrected chi connectivity index (χ1v) is 4.72. The Morgan fingerprint density at radius 2 is 2.42 bits per heavy atom. The monoisotopic (exact) mass is 171 g/mol. The predicted octanol–water partition coefficient (Wildman–Crippen LogP) is 1.24. The molecule has 2 atom stereocenters. The molecule has 0 bridgehead atoms. The van der Waals surface area contributed by atoms with Gasteiger partial charge in [0.2, 0.25) is 0 Å². The molecule has 2 unspecified atom stereocenters. The number of rotatable bonds is 4. The van der Waals surface area contributed by atoms with Crippen molar-refractivity contribution in [3.8, 4) is 0 Å². The van der Waals surface area contributed by atoms with E-state index in [9.17, 15) is 4.79 Å². The van der Waals surface area contributed by atoms with Crippen LogP contribution in [-0.4, -0.2) is 23.7 Å². The summed E-state index contributed by atoms with van der Waals surface area (Å²) in [5.74, 6) is -0.780. The minimum atomic E-state index is -0.638. The summed E-state index contributed by atoms with van der Waals surface area (Å²) in [6.45, 7) is 3.00. The Kier molecular flexibility index (Phi) is 3.53. The van der Waals surface area contributed by atoms with E-state index in [1.807, 2.05) is 0 Å². The average molecular weight is 171 g/mol. The second kappa shape index (κ2) is 4.45. The molecule has 0 aromatic rings. The van der Waals surface area contributed by atoms with Crippen molar-refractivity contribution < 1.29 is 9.90 Å². The van der Waals surface area contributed by atoms with Crippen LogP contribution in [-0.2, 0) is 4.79 Å². The van der Waals surface area contributed by atoms with Crippen molar-refractivity contribution in [3.63, 3.8) is 0 Å². The fourth-order valence-corrected chi connectivity index (χ4v) is 1.79. The average Bonchev–Trinajstić information content (AvgIpc) is 2.48. The third-order valence-corrected chi connectivity index (χ3v) is 2.53. The molecule has 3 heteroatoms. The number of carboxylic acid groups (broad SMARTS) is 1. The molecule has 0 aliphatic carbocycles. The van der Waals surface area contributed by atoms with Gasteiger partial charge in [0, 0.05) is 6.04 Å². The molecule has 0 spiro atoms. The zero-order valence-electron chi connectivity index (χ0n) is 7.55. The highest BCUT2D eigenvalue weighted by Gasteiger charge is 2.31. The summed E-state index contributed by atoms with van der Waals surface area (Å²) < 4.78 is 0.